The topological polar surface area (TPSA) is 86.4 Å². The summed E-state index contributed by atoms with van der Waals surface area (Å²) in [4.78, 5) is 25.0. The maximum Gasteiger partial charge on any atom is 0.416 e. The lowest BCUT2D eigenvalue weighted by Gasteiger charge is -2.27. The van der Waals surface area contributed by atoms with Gasteiger partial charge in [0.05, 0.1) is 24.3 Å². The Bertz CT molecular complexity index is 1670. The number of carboxylic acids is 1. The predicted octanol–water partition coefficient (Wildman–Crippen LogP) is 7.67. The van der Waals surface area contributed by atoms with Crippen molar-refractivity contribution in [3.05, 3.63) is 99.7 Å². The molecular formula is C35H38F3N3O4. The van der Waals surface area contributed by atoms with E-state index in [-0.39, 0.29) is 18.2 Å². The molecule has 0 radical (unpaired) electrons. The molecular weight excluding hydrogens is 583 g/mol. The van der Waals surface area contributed by atoms with E-state index in [1.54, 1.807) is 10.6 Å². The Morgan fingerprint density at radius 1 is 1.00 bits per heavy atom. The summed E-state index contributed by atoms with van der Waals surface area (Å²) >= 11 is 0. The number of hydrogen-bond donors (Lipinski definition) is 1. The summed E-state index contributed by atoms with van der Waals surface area (Å²) in [6.07, 6.45) is 1.32. The fraction of sp³-hybridized carbons (Fsp3) is 0.400. The number of nitrogens with zero attached hydrogens (tertiary/aromatic N) is 3. The van der Waals surface area contributed by atoms with Crippen LogP contribution in [0.3, 0.4) is 0 Å². The van der Waals surface area contributed by atoms with Gasteiger partial charge < -0.3 is 9.84 Å². The van der Waals surface area contributed by atoms with Crippen molar-refractivity contribution in [2.75, 3.05) is 6.61 Å². The highest BCUT2D eigenvalue weighted by Crippen LogP contribution is 2.33. The third-order valence-corrected chi connectivity index (χ3v) is 8.45. The molecule has 2 unspecified atom stereocenters. The van der Waals surface area contributed by atoms with E-state index in [0.717, 1.165) is 67.3 Å². The monoisotopic (exact) mass is 621 g/mol. The number of aromatic nitrogens is 3. The molecule has 0 spiro atoms. The van der Waals surface area contributed by atoms with Crippen molar-refractivity contribution >= 4 is 5.97 Å². The summed E-state index contributed by atoms with van der Waals surface area (Å²) in [6.45, 7) is 4.49. The first-order chi connectivity index (χ1) is 21.5. The SMILES string of the molecule is CCOc1ccc(-c2ccc(CCCc3nn(-c4ccc(C(F)(F)F)cc4)c(=O)n3C3CCCC(C)C3)cc2)cc1CC(=O)O. The van der Waals surface area contributed by atoms with Crippen LogP contribution >= 0.6 is 0 Å². The van der Waals surface area contributed by atoms with Crippen LogP contribution in [0, 0.1) is 5.92 Å². The molecule has 238 valence electrons. The van der Waals surface area contributed by atoms with Gasteiger partial charge in [0, 0.05) is 18.0 Å². The van der Waals surface area contributed by atoms with E-state index in [1.165, 1.54) is 16.8 Å². The second-order valence-corrected chi connectivity index (χ2v) is 11.8. The Morgan fingerprint density at radius 3 is 2.36 bits per heavy atom. The predicted molar refractivity (Wildman–Crippen MR) is 166 cm³/mol. The Morgan fingerprint density at radius 2 is 1.71 bits per heavy atom. The second kappa shape index (κ2) is 13.7. The van der Waals surface area contributed by atoms with E-state index in [2.05, 4.69) is 12.0 Å². The lowest BCUT2D eigenvalue weighted by atomic mass is 9.87. The Kier molecular flexibility index (Phi) is 9.80. The normalized spacial score (nSPS) is 16.9. The molecule has 1 heterocycles. The molecule has 7 nitrogen and oxygen atoms in total. The van der Waals surface area contributed by atoms with Gasteiger partial charge in [0.15, 0.2) is 0 Å². The van der Waals surface area contributed by atoms with E-state index in [9.17, 15) is 27.9 Å². The van der Waals surface area contributed by atoms with Gasteiger partial charge in [-0.1, -0.05) is 50.1 Å². The standard InChI is InChI=1S/C35H38F3N3O4/c1-3-45-31-19-14-26(21-27(31)22-33(42)43)25-12-10-24(11-13-25)7-5-9-32-39-41(29-17-15-28(16-18-29)35(36,37)38)34(44)40(32)30-8-4-6-23(2)20-30/h10-19,21,23,30H,3-9,20,22H2,1-2H3,(H,42,43). The van der Waals surface area contributed by atoms with Crippen molar-refractivity contribution in [3.63, 3.8) is 0 Å². The van der Waals surface area contributed by atoms with Gasteiger partial charge in [-0.05, 0) is 91.6 Å². The maximum atomic E-state index is 13.6. The lowest BCUT2D eigenvalue weighted by molar-refractivity contribution is -0.138. The molecule has 0 amide bonds. The van der Waals surface area contributed by atoms with Gasteiger partial charge >= 0.3 is 17.8 Å². The summed E-state index contributed by atoms with van der Waals surface area (Å²) in [5, 5.41) is 14.0. The number of halogens is 3. The van der Waals surface area contributed by atoms with Gasteiger partial charge in [0.1, 0.15) is 11.6 Å². The zero-order valence-electron chi connectivity index (χ0n) is 25.5. The fourth-order valence-electron chi connectivity index (χ4n) is 6.22. The zero-order chi connectivity index (χ0) is 32.1. The summed E-state index contributed by atoms with van der Waals surface area (Å²) in [7, 11) is 0. The Labute approximate surface area is 260 Å². The number of rotatable bonds is 11. The number of hydrogen-bond acceptors (Lipinski definition) is 4. The average molecular weight is 622 g/mol. The van der Waals surface area contributed by atoms with E-state index in [4.69, 9.17) is 4.74 Å². The molecule has 0 aliphatic heterocycles. The van der Waals surface area contributed by atoms with Crippen LogP contribution in [0.5, 0.6) is 5.75 Å². The van der Waals surface area contributed by atoms with Crippen molar-refractivity contribution in [1.82, 2.24) is 14.3 Å². The molecule has 0 bridgehead atoms. The summed E-state index contributed by atoms with van der Waals surface area (Å²) in [6, 6.07) is 18.2. The number of benzene rings is 3. The maximum absolute atomic E-state index is 13.6. The first-order valence-corrected chi connectivity index (χ1v) is 15.5. The lowest BCUT2D eigenvalue weighted by Crippen LogP contribution is -2.30. The van der Waals surface area contributed by atoms with Crippen molar-refractivity contribution in [2.24, 2.45) is 5.92 Å². The van der Waals surface area contributed by atoms with Crippen molar-refractivity contribution in [1.29, 1.82) is 0 Å². The van der Waals surface area contributed by atoms with Gasteiger partial charge in [-0.15, -0.1) is 5.10 Å². The molecule has 0 saturated heterocycles. The van der Waals surface area contributed by atoms with Crippen LogP contribution in [0.15, 0.2) is 71.5 Å². The minimum absolute atomic E-state index is 0.0128. The van der Waals surface area contributed by atoms with Crippen LogP contribution in [-0.4, -0.2) is 32.0 Å². The highest BCUT2D eigenvalue weighted by atomic mass is 19.4. The molecule has 5 rings (SSSR count). The summed E-state index contributed by atoms with van der Waals surface area (Å²) in [5.74, 6) is 0.779. The van der Waals surface area contributed by atoms with Gasteiger partial charge in [-0.25, -0.2) is 4.79 Å². The smallest absolute Gasteiger partial charge is 0.416 e. The number of aliphatic carboxylic acids is 1. The van der Waals surface area contributed by atoms with E-state index >= 15 is 0 Å². The molecule has 4 aromatic rings. The molecule has 1 aliphatic rings. The Hall–Kier alpha value is -4.34. The fourth-order valence-corrected chi connectivity index (χ4v) is 6.22. The minimum atomic E-state index is -4.46. The third-order valence-electron chi connectivity index (χ3n) is 8.45. The minimum Gasteiger partial charge on any atom is -0.494 e. The van der Waals surface area contributed by atoms with Crippen LogP contribution in [0.25, 0.3) is 16.8 Å². The molecule has 45 heavy (non-hydrogen) atoms. The van der Waals surface area contributed by atoms with Crippen LogP contribution < -0.4 is 10.4 Å². The molecule has 10 heteroatoms. The quantitative estimate of drug-likeness (QED) is 0.186. The number of carboxylic acid groups (broad SMARTS) is 1. The first-order valence-electron chi connectivity index (χ1n) is 15.5. The first kappa shape index (κ1) is 32.1. The van der Waals surface area contributed by atoms with Crippen LogP contribution in [0.4, 0.5) is 13.2 Å². The zero-order valence-corrected chi connectivity index (χ0v) is 25.5. The largest absolute Gasteiger partial charge is 0.494 e. The van der Waals surface area contributed by atoms with Gasteiger partial charge in [-0.2, -0.15) is 17.9 Å². The Balaban J connectivity index is 1.33. The molecule has 1 saturated carbocycles. The number of ether oxygens (including phenoxy) is 1. The van der Waals surface area contributed by atoms with Gasteiger partial charge in [-0.3, -0.25) is 9.36 Å². The van der Waals surface area contributed by atoms with Crippen molar-refractivity contribution < 1.29 is 27.8 Å². The van der Waals surface area contributed by atoms with Crippen LogP contribution in [0.1, 0.15) is 74.5 Å². The average Bonchev–Trinajstić information content (AvgIpc) is 3.33. The molecule has 1 aliphatic carbocycles. The molecule has 1 fully saturated rings. The molecule has 3 aromatic carbocycles. The van der Waals surface area contributed by atoms with E-state index < -0.39 is 17.7 Å². The van der Waals surface area contributed by atoms with Crippen LogP contribution in [-0.2, 0) is 30.2 Å². The van der Waals surface area contributed by atoms with Crippen molar-refractivity contribution in [2.45, 2.75) is 77.4 Å². The number of aryl methyl sites for hydroxylation is 2. The molecule has 1 aromatic heterocycles. The van der Waals surface area contributed by atoms with Crippen LogP contribution in [0.2, 0.25) is 0 Å². The van der Waals surface area contributed by atoms with E-state index in [1.807, 2.05) is 43.3 Å². The highest BCUT2D eigenvalue weighted by Gasteiger charge is 2.31. The molecule has 1 N–H and O–H groups in total. The van der Waals surface area contributed by atoms with Gasteiger partial charge in [0.2, 0.25) is 0 Å². The third kappa shape index (κ3) is 7.67. The number of alkyl halides is 3. The second-order valence-electron chi connectivity index (χ2n) is 11.8. The van der Waals surface area contributed by atoms with Gasteiger partial charge in [0.25, 0.3) is 0 Å². The van der Waals surface area contributed by atoms with E-state index in [0.29, 0.717) is 41.8 Å². The summed E-state index contributed by atoms with van der Waals surface area (Å²) < 4.78 is 48.0. The number of carbonyl (C=O) groups is 1. The van der Waals surface area contributed by atoms with Crippen molar-refractivity contribution in [3.8, 4) is 22.6 Å². The highest BCUT2D eigenvalue weighted by molar-refractivity contribution is 5.74. The molecule has 2 atom stereocenters. The summed E-state index contributed by atoms with van der Waals surface area (Å²) in [5.41, 5.74) is 2.83.